The van der Waals surface area contributed by atoms with Crippen molar-refractivity contribution in [1.29, 1.82) is 0 Å². The molecule has 7 heteroatoms. The molecule has 1 aromatic rings. The number of methoxy groups -OCH3 is 2. The van der Waals surface area contributed by atoms with Crippen LogP contribution in [0.2, 0.25) is 0 Å². The lowest BCUT2D eigenvalue weighted by atomic mass is 9.95. The smallest absolute Gasteiger partial charge is 0.323 e. The van der Waals surface area contributed by atoms with E-state index in [1.54, 1.807) is 7.11 Å². The van der Waals surface area contributed by atoms with E-state index in [-0.39, 0.29) is 24.4 Å². The predicted octanol–water partition coefficient (Wildman–Crippen LogP) is 2.83. The Kier molecular flexibility index (Phi) is 6.11. The van der Waals surface area contributed by atoms with Crippen LogP contribution in [0.5, 0.6) is 5.75 Å². The molecule has 1 aliphatic rings. The molecule has 1 N–H and O–H groups in total. The van der Waals surface area contributed by atoms with Gasteiger partial charge in [0, 0.05) is 6.54 Å². The van der Waals surface area contributed by atoms with Gasteiger partial charge in [0.2, 0.25) is 0 Å². The summed E-state index contributed by atoms with van der Waals surface area (Å²) in [6, 6.07) is 1.71. The molecule has 0 saturated carbocycles. The van der Waals surface area contributed by atoms with Crippen molar-refractivity contribution in [2.75, 3.05) is 14.2 Å². The summed E-state index contributed by atoms with van der Waals surface area (Å²) < 4.78 is 11.9. The van der Waals surface area contributed by atoms with Gasteiger partial charge in [0.1, 0.15) is 11.8 Å². The van der Waals surface area contributed by atoms with Crippen molar-refractivity contribution in [2.45, 2.75) is 19.0 Å². The highest BCUT2D eigenvalue weighted by atomic mass is 79.9. The zero-order valence-electron chi connectivity index (χ0n) is 10.5. The number of carbonyl (C=O) groups excluding carboxylic acids is 1. The van der Waals surface area contributed by atoms with E-state index in [0.717, 1.165) is 25.8 Å². The first-order chi connectivity index (χ1) is 8.58. The highest BCUT2D eigenvalue weighted by Gasteiger charge is 2.27. The largest absolute Gasteiger partial charge is 0.494 e. The molecule has 1 aromatic carbocycles. The van der Waals surface area contributed by atoms with Gasteiger partial charge < -0.3 is 9.47 Å². The summed E-state index contributed by atoms with van der Waals surface area (Å²) in [5.41, 5.74) is 2.24. The molecule has 106 valence electrons. The topological polar surface area (TPSA) is 47.6 Å². The first-order valence-electron chi connectivity index (χ1n) is 5.43. The van der Waals surface area contributed by atoms with Crippen LogP contribution in [0.25, 0.3) is 0 Å². The Bertz CT molecular complexity index is 496. The van der Waals surface area contributed by atoms with E-state index in [0.29, 0.717) is 13.0 Å². The summed E-state index contributed by atoms with van der Waals surface area (Å²) in [5.74, 6) is 0.538. The van der Waals surface area contributed by atoms with Gasteiger partial charge in [-0.05, 0) is 55.5 Å². The predicted molar refractivity (Wildman–Crippen MR) is 82.0 cm³/mol. The zero-order chi connectivity index (χ0) is 13.3. The van der Waals surface area contributed by atoms with Crippen LogP contribution in [0.1, 0.15) is 11.1 Å². The Balaban J connectivity index is 0.00000180. The molecule has 2 rings (SSSR count). The van der Waals surface area contributed by atoms with Crippen molar-refractivity contribution in [2.24, 2.45) is 0 Å². The Labute approximate surface area is 134 Å². The van der Waals surface area contributed by atoms with Crippen molar-refractivity contribution in [3.8, 4) is 5.75 Å². The number of ether oxygens (including phenoxy) is 2. The SMILES string of the molecule is COC(=O)C1Cc2cc(Br)c(OC)c(Br)c2CN1.Cl. The van der Waals surface area contributed by atoms with Gasteiger partial charge in [-0.3, -0.25) is 10.1 Å². The van der Waals surface area contributed by atoms with Crippen LogP contribution in [-0.2, 0) is 22.5 Å². The third-order valence-electron chi connectivity index (χ3n) is 3.01. The molecule has 0 aromatic heterocycles. The van der Waals surface area contributed by atoms with Crippen LogP contribution in [0.4, 0.5) is 0 Å². The van der Waals surface area contributed by atoms with Gasteiger partial charge in [-0.25, -0.2) is 0 Å². The van der Waals surface area contributed by atoms with Crippen LogP contribution in [0, 0.1) is 0 Å². The van der Waals surface area contributed by atoms with E-state index in [1.165, 1.54) is 7.11 Å². The van der Waals surface area contributed by atoms with Gasteiger partial charge in [-0.2, -0.15) is 0 Å². The van der Waals surface area contributed by atoms with Crippen LogP contribution in [-0.4, -0.2) is 26.2 Å². The van der Waals surface area contributed by atoms with Crippen LogP contribution >= 0.6 is 44.3 Å². The Hall–Kier alpha value is -0.300. The minimum Gasteiger partial charge on any atom is -0.494 e. The standard InChI is InChI=1S/C12H13Br2NO3.ClH/c1-17-11-8(13)3-6-4-9(12(16)18-2)15-5-7(6)10(11)14;/h3,9,15H,4-5H2,1-2H3;1H. The van der Waals surface area contributed by atoms with Crippen molar-refractivity contribution in [3.05, 3.63) is 26.1 Å². The summed E-state index contributed by atoms with van der Waals surface area (Å²) in [5, 5.41) is 3.16. The lowest BCUT2D eigenvalue weighted by molar-refractivity contribution is -0.143. The average Bonchev–Trinajstić information content (AvgIpc) is 2.37. The molecule has 1 aliphatic heterocycles. The monoisotopic (exact) mass is 413 g/mol. The summed E-state index contributed by atoms with van der Waals surface area (Å²) in [6.45, 7) is 0.610. The molecule has 0 fully saturated rings. The van der Waals surface area contributed by atoms with Gasteiger partial charge >= 0.3 is 5.97 Å². The quantitative estimate of drug-likeness (QED) is 0.755. The maximum Gasteiger partial charge on any atom is 0.323 e. The summed E-state index contributed by atoms with van der Waals surface area (Å²) in [6.07, 6.45) is 0.614. The molecule has 0 aliphatic carbocycles. The van der Waals surface area contributed by atoms with Crippen LogP contribution in [0.3, 0.4) is 0 Å². The second-order valence-electron chi connectivity index (χ2n) is 4.00. The second-order valence-corrected chi connectivity index (χ2v) is 5.65. The van der Waals surface area contributed by atoms with Gasteiger partial charge in [0.25, 0.3) is 0 Å². The number of nitrogens with one attached hydrogen (secondary N) is 1. The van der Waals surface area contributed by atoms with E-state index in [4.69, 9.17) is 9.47 Å². The van der Waals surface area contributed by atoms with Gasteiger partial charge in [0.05, 0.1) is 23.2 Å². The van der Waals surface area contributed by atoms with Gasteiger partial charge in [-0.15, -0.1) is 12.4 Å². The van der Waals surface area contributed by atoms with Gasteiger partial charge in [-0.1, -0.05) is 0 Å². The fourth-order valence-electron chi connectivity index (χ4n) is 2.08. The highest BCUT2D eigenvalue weighted by molar-refractivity contribution is 9.11. The number of carbonyl (C=O) groups is 1. The van der Waals surface area contributed by atoms with Crippen molar-refractivity contribution in [3.63, 3.8) is 0 Å². The highest BCUT2D eigenvalue weighted by Crippen LogP contribution is 2.39. The van der Waals surface area contributed by atoms with E-state index >= 15 is 0 Å². The molecule has 1 atom stereocenters. The van der Waals surface area contributed by atoms with Crippen molar-refractivity contribution in [1.82, 2.24) is 5.32 Å². The fourth-order valence-corrected chi connectivity index (χ4v) is 3.75. The maximum atomic E-state index is 11.5. The number of esters is 1. The zero-order valence-corrected chi connectivity index (χ0v) is 14.4. The van der Waals surface area contributed by atoms with Crippen molar-refractivity contribution < 1.29 is 14.3 Å². The maximum absolute atomic E-state index is 11.5. The molecule has 19 heavy (non-hydrogen) atoms. The molecule has 1 unspecified atom stereocenters. The number of fused-ring (bicyclic) bond motifs is 1. The fraction of sp³-hybridized carbons (Fsp3) is 0.417. The molecule has 0 radical (unpaired) electrons. The summed E-state index contributed by atoms with van der Waals surface area (Å²) in [4.78, 5) is 11.5. The van der Waals surface area contributed by atoms with E-state index in [2.05, 4.69) is 37.2 Å². The average molecular weight is 416 g/mol. The first kappa shape index (κ1) is 16.8. The number of hydrogen-bond donors (Lipinski definition) is 1. The second kappa shape index (κ2) is 6.92. The molecular formula is C12H14Br2ClNO3. The third-order valence-corrected chi connectivity index (χ3v) is 4.44. The molecule has 0 spiro atoms. The number of benzene rings is 1. The van der Waals surface area contributed by atoms with Gasteiger partial charge in [0.15, 0.2) is 0 Å². The molecule has 0 saturated heterocycles. The molecule has 0 bridgehead atoms. The Morgan fingerprint density at radius 1 is 1.42 bits per heavy atom. The van der Waals surface area contributed by atoms with Crippen LogP contribution < -0.4 is 10.1 Å². The van der Waals surface area contributed by atoms with E-state index in [1.807, 2.05) is 6.07 Å². The molecule has 0 amide bonds. The van der Waals surface area contributed by atoms with Crippen molar-refractivity contribution >= 4 is 50.2 Å². The molecule has 1 heterocycles. The number of hydrogen-bond acceptors (Lipinski definition) is 4. The Morgan fingerprint density at radius 3 is 2.68 bits per heavy atom. The Morgan fingerprint density at radius 2 is 2.11 bits per heavy atom. The molecule has 4 nitrogen and oxygen atoms in total. The minimum atomic E-state index is -0.283. The number of halogens is 3. The minimum absolute atomic E-state index is 0. The normalized spacial score (nSPS) is 17.2. The third kappa shape index (κ3) is 3.24. The number of rotatable bonds is 2. The lowest BCUT2D eigenvalue weighted by Gasteiger charge is -2.26. The molecular weight excluding hydrogens is 401 g/mol. The van der Waals surface area contributed by atoms with E-state index < -0.39 is 0 Å². The lowest BCUT2D eigenvalue weighted by Crippen LogP contribution is -2.42. The van der Waals surface area contributed by atoms with Crippen LogP contribution in [0.15, 0.2) is 15.0 Å². The summed E-state index contributed by atoms with van der Waals surface area (Å²) >= 11 is 7.01. The summed E-state index contributed by atoms with van der Waals surface area (Å²) in [7, 11) is 3.03. The van der Waals surface area contributed by atoms with E-state index in [9.17, 15) is 4.79 Å². The first-order valence-corrected chi connectivity index (χ1v) is 7.02.